The second-order valence-electron chi connectivity index (χ2n) is 6.43. The van der Waals surface area contributed by atoms with Gasteiger partial charge < -0.3 is 14.3 Å². The molecule has 0 unspecified atom stereocenters. The van der Waals surface area contributed by atoms with Crippen molar-refractivity contribution in [3.05, 3.63) is 24.3 Å². The number of rotatable bonds is 2. The minimum Gasteiger partial charge on any atom is -0.424 e. The first-order valence-corrected chi connectivity index (χ1v) is 12.8. The van der Waals surface area contributed by atoms with Crippen LogP contribution in [0.5, 0.6) is 0 Å². The first-order valence-electron chi connectivity index (χ1n) is 6.50. The fraction of sp³-hybridized carbons (Fsp3) is 0.500. The van der Waals surface area contributed by atoms with E-state index in [-0.39, 0.29) is 0 Å². The Balaban J connectivity index is 2.35. The van der Waals surface area contributed by atoms with Gasteiger partial charge in [-0.3, -0.25) is 0 Å². The van der Waals surface area contributed by atoms with Crippen LogP contribution in [0.4, 0.5) is 5.69 Å². The van der Waals surface area contributed by atoms with E-state index in [0.29, 0.717) is 5.46 Å². The Morgan fingerprint density at radius 1 is 0.944 bits per heavy atom. The highest BCUT2D eigenvalue weighted by atomic mass is 28.4. The van der Waals surface area contributed by atoms with Crippen LogP contribution in [-0.2, 0) is 0 Å². The lowest BCUT2D eigenvalue weighted by Gasteiger charge is -2.41. The van der Waals surface area contributed by atoms with Crippen LogP contribution in [0.3, 0.4) is 0 Å². The third-order valence-electron chi connectivity index (χ3n) is 4.01. The van der Waals surface area contributed by atoms with Gasteiger partial charge in [-0.05, 0) is 29.7 Å². The topological polar surface area (TPSA) is 43.7 Å². The van der Waals surface area contributed by atoms with Gasteiger partial charge in [0.2, 0.25) is 0 Å². The van der Waals surface area contributed by atoms with Crippen molar-refractivity contribution in [1.82, 2.24) is 0 Å². The first-order chi connectivity index (χ1) is 8.24. The van der Waals surface area contributed by atoms with E-state index in [9.17, 15) is 0 Å². The zero-order valence-corrected chi connectivity index (χ0v) is 13.6. The van der Waals surface area contributed by atoms with Gasteiger partial charge in [-0.2, -0.15) is 0 Å². The highest BCUT2D eigenvalue weighted by Gasteiger charge is 2.47. The van der Waals surface area contributed by atoms with Crippen molar-refractivity contribution in [3.63, 3.8) is 0 Å². The number of anilines is 1. The minimum absolute atomic E-state index is 0.567. The van der Waals surface area contributed by atoms with Crippen LogP contribution in [-0.4, -0.2) is 33.6 Å². The molecule has 0 atom stereocenters. The molecule has 1 aromatic carbocycles. The molecule has 1 aliphatic rings. The van der Waals surface area contributed by atoms with Gasteiger partial charge in [-0.1, -0.05) is 38.3 Å². The third-order valence-corrected chi connectivity index (χ3v) is 14.0. The molecule has 0 saturated carbocycles. The number of benzene rings is 1. The van der Waals surface area contributed by atoms with E-state index < -0.39 is 23.6 Å². The number of nitrogens with zero attached hydrogens (tertiary/aromatic N) is 1. The van der Waals surface area contributed by atoms with E-state index in [2.05, 4.69) is 30.4 Å². The van der Waals surface area contributed by atoms with Crippen molar-refractivity contribution in [2.45, 2.75) is 38.3 Å². The SMILES string of the molecule is C[Si]1(C)CC[Si](C)(C)N1c1ccc(B(O)O)cc1. The third kappa shape index (κ3) is 2.42. The van der Waals surface area contributed by atoms with Crippen molar-refractivity contribution in [3.8, 4) is 0 Å². The van der Waals surface area contributed by atoms with Gasteiger partial charge >= 0.3 is 7.12 Å². The summed E-state index contributed by atoms with van der Waals surface area (Å²) in [5.41, 5.74) is 1.84. The van der Waals surface area contributed by atoms with E-state index in [1.54, 1.807) is 0 Å². The summed E-state index contributed by atoms with van der Waals surface area (Å²) in [6.07, 6.45) is 0. The largest absolute Gasteiger partial charge is 0.488 e. The molecule has 1 aliphatic heterocycles. The number of hydrogen-bond acceptors (Lipinski definition) is 3. The molecule has 6 heteroatoms. The van der Waals surface area contributed by atoms with E-state index >= 15 is 0 Å². The molecule has 0 spiro atoms. The Labute approximate surface area is 112 Å². The monoisotopic (exact) mass is 279 g/mol. The van der Waals surface area contributed by atoms with Crippen molar-refractivity contribution < 1.29 is 10.0 Å². The van der Waals surface area contributed by atoms with Crippen molar-refractivity contribution in [2.24, 2.45) is 0 Å². The zero-order chi connectivity index (χ0) is 13.6. The van der Waals surface area contributed by atoms with Gasteiger partial charge in [0.25, 0.3) is 0 Å². The average molecular weight is 279 g/mol. The zero-order valence-electron chi connectivity index (χ0n) is 11.6. The molecule has 0 aliphatic carbocycles. The standard InChI is InChI=1S/C12H22BNO2Si2/c1-17(2)9-10-18(3,4)14(17)12-7-5-11(6-8-12)13(15)16/h5-8,15-16H,9-10H2,1-4H3. The molecule has 1 fully saturated rings. The highest BCUT2D eigenvalue weighted by molar-refractivity contribution is 7.04. The van der Waals surface area contributed by atoms with Crippen LogP contribution in [0, 0.1) is 0 Å². The van der Waals surface area contributed by atoms with Gasteiger partial charge in [0.15, 0.2) is 0 Å². The van der Waals surface area contributed by atoms with Crippen molar-refractivity contribution >= 4 is 34.7 Å². The Kier molecular flexibility index (Phi) is 3.48. The van der Waals surface area contributed by atoms with Crippen LogP contribution in [0.2, 0.25) is 38.3 Å². The maximum atomic E-state index is 9.14. The molecule has 0 amide bonds. The van der Waals surface area contributed by atoms with E-state index in [1.807, 2.05) is 24.3 Å². The molecule has 3 nitrogen and oxygen atoms in total. The van der Waals surface area contributed by atoms with E-state index in [0.717, 1.165) is 0 Å². The molecule has 0 aromatic heterocycles. The normalized spacial score (nSPS) is 21.1. The van der Waals surface area contributed by atoms with Gasteiger partial charge in [0, 0.05) is 5.69 Å². The summed E-state index contributed by atoms with van der Waals surface area (Å²) in [6, 6.07) is 10.5. The molecule has 0 radical (unpaired) electrons. The second-order valence-corrected chi connectivity index (χ2v) is 16.0. The lowest BCUT2D eigenvalue weighted by atomic mass is 9.80. The molecule has 1 heterocycles. The molecule has 98 valence electrons. The molecule has 1 aromatic rings. The lowest BCUT2D eigenvalue weighted by Crippen LogP contribution is -2.55. The second kappa shape index (κ2) is 4.52. The van der Waals surface area contributed by atoms with Gasteiger partial charge in [0.1, 0.15) is 16.5 Å². The predicted molar refractivity (Wildman–Crippen MR) is 83.3 cm³/mol. The van der Waals surface area contributed by atoms with E-state index in [1.165, 1.54) is 17.8 Å². The van der Waals surface area contributed by atoms with Gasteiger partial charge in [-0.25, -0.2) is 0 Å². The van der Waals surface area contributed by atoms with Crippen LogP contribution >= 0.6 is 0 Å². The molecule has 2 rings (SSSR count). The maximum Gasteiger partial charge on any atom is 0.488 e. The summed E-state index contributed by atoms with van der Waals surface area (Å²) in [4.78, 5) is 0. The summed E-state index contributed by atoms with van der Waals surface area (Å²) in [5.74, 6) is 0. The van der Waals surface area contributed by atoms with Crippen molar-refractivity contribution in [2.75, 3.05) is 4.23 Å². The Bertz CT molecular complexity index is 418. The molecule has 0 bridgehead atoms. The summed E-state index contributed by atoms with van der Waals surface area (Å²) >= 11 is 0. The molecule has 2 N–H and O–H groups in total. The maximum absolute atomic E-state index is 9.14. The molecule has 1 saturated heterocycles. The Morgan fingerprint density at radius 2 is 1.39 bits per heavy atom. The van der Waals surface area contributed by atoms with Crippen LogP contribution < -0.4 is 9.69 Å². The molecular formula is C12H22BNO2Si2. The smallest absolute Gasteiger partial charge is 0.424 e. The Morgan fingerprint density at radius 3 is 1.78 bits per heavy atom. The van der Waals surface area contributed by atoms with Gasteiger partial charge in [0.05, 0.1) is 0 Å². The fourth-order valence-electron chi connectivity index (χ4n) is 3.15. The van der Waals surface area contributed by atoms with Crippen LogP contribution in [0.1, 0.15) is 0 Å². The fourth-order valence-corrected chi connectivity index (χ4v) is 17.4. The highest BCUT2D eigenvalue weighted by Crippen LogP contribution is 2.40. The predicted octanol–water partition coefficient (Wildman–Crippen LogP) is 1.60. The molecular weight excluding hydrogens is 257 g/mol. The van der Waals surface area contributed by atoms with Crippen LogP contribution in [0.15, 0.2) is 24.3 Å². The molecule has 18 heavy (non-hydrogen) atoms. The summed E-state index contributed by atoms with van der Waals surface area (Å²) in [6.45, 7) is 9.74. The average Bonchev–Trinajstić information content (AvgIpc) is 2.48. The lowest BCUT2D eigenvalue weighted by molar-refractivity contribution is 0.426. The van der Waals surface area contributed by atoms with Crippen molar-refractivity contribution in [1.29, 1.82) is 0 Å². The Hall–Kier alpha value is -0.561. The summed E-state index contributed by atoms with van der Waals surface area (Å²) in [5, 5.41) is 18.3. The summed E-state index contributed by atoms with van der Waals surface area (Å²) < 4.78 is 2.72. The summed E-state index contributed by atoms with van der Waals surface area (Å²) in [7, 11) is -4.01. The number of hydrogen-bond donors (Lipinski definition) is 2. The van der Waals surface area contributed by atoms with Crippen LogP contribution in [0.25, 0.3) is 0 Å². The minimum atomic E-state index is -1.37. The van der Waals surface area contributed by atoms with Gasteiger partial charge in [-0.15, -0.1) is 0 Å². The quantitative estimate of drug-likeness (QED) is 0.808. The van der Waals surface area contributed by atoms with E-state index in [4.69, 9.17) is 10.0 Å². The first kappa shape index (κ1) is 13.9.